The molecule has 1 aromatic carbocycles. The van der Waals surface area contributed by atoms with Crippen LogP contribution < -0.4 is 5.32 Å². The second-order valence-electron chi connectivity index (χ2n) is 2.94. The Bertz CT molecular complexity index is 370. The molecule has 16 heavy (non-hydrogen) atoms. The molecule has 0 radical (unpaired) electrons. The van der Waals surface area contributed by atoms with Crippen LogP contribution >= 0.6 is 0 Å². The third kappa shape index (κ3) is 3.42. The maximum atomic E-state index is 10.2. The number of aryl methyl sites for hydroxylation is 1. The summed E-state index contributed by atoms with van der Waals surface area (Å²) in [5, 5.41) is 12.4. The van der Waals surface area contributed by atoms with Crippen LogP contribution in [0, 0.1) is 6.92 Å². The van der Waals surface area contributed by atoms with Crippen molar-refractivity contribution in [1.82, 2.24) is 0 Å². The summed E-state index contributed by atoms with van der Waals surface area (Å²) in [7, 11) is 1.73. The van der Waals surface area contributed by atoms with Gasteiger partial charge in [-0.15, -0.1) is 0 Å². The summed E-state index contributed by atoms with van der Waals surface area (Å²) in [5.74, 6) is 0.184. The number of phenols is 1. The number of rotatable bonds is 3. The number of carbonyl (C=O) groups is 1. The van der Waals surface area contributed by atoms with Gasteiger partial charge in [-0.2, -0.15) is 0 Å². The summed E-state index contributed by atoms with van der Waals surface area (Å²) in [4.78, 5) is 10.2. The van der Waals surface area contributed by atoms with Gasteiger partial charge in [0.05, 0.1) is 5.69 Å². The molecule has 0 aliphatic carbocycles. The van der Waals surface area contributed by atoms with E-state index < -0.39 is 0 Å². The lowest BCUT2D eigenvalue weighted by atomic mass is 10.1. The number of aldehydes is 1. The number of nitrogens with one attached hydrogen (secondary N) is 1. The third-order valence-electron chi connectivity index (χ3n) is 2.03. The van der Waals surface area contributed by atoms with E-state index in [1.54, 1.807) is 25.3 Å². The summed E-state index contributed by atoms with van der Waals surface area (Å²) in [5.41, 5.74) is 2.48. The Kier molecular flexibility index (Phi) is 6.68. The molecule has 1 aromatic rings. The molecule has 2 N–H and O–H groups in total. The van der Waals surface area contributed by atoms with E-state index >= 15 is 0 Å². The number of anilines is 1. The number of carbonyl (C=O) groups excluding carboxylic acids is 1. The van der Waals surface area contributed by atoms with Crippen LogP contribution in [0.2, 0.25) is 0 Å². The van der Waals surface area contributed by atoms with E-state index in [4.69, 9.17) is 0 Å². The first-order chi connectivity index (χ1) is 7.70. The normalized spacial score (nSPS) is 9.50. The molecule has 0 saturated carbocycles. The van der Waals surface area contributed by atoms with Crippen molar-refractivity contribution >= 4 is 18.0 Å². The molecule has 0 atom stereocenters. The summed E-state index contributed by atoms with van der Waals surface area (Å²) >= 11 is 0. The predicted octanol–water partition coefficient (Wildman–Crippen LogP) is 2.98. The maximum absolute atomic E-state index is 10.2. The summed E-state index contributed by atoms with van der Waals surface area (Å²) < 4.78 is 0. The van der Waals surface area contributed by atoms with Gasteiger partial charge < -0.3 is 10.4 Å². The Hall–Kier alpha value is -1.77. The van der Waals surface area contributed by atoms with Crippen molar-refractivity contribution in [1.29, 1.82) is 0 Å². The third-order valence-corrected chi connectivity index (χ3v) is 2.03. The topological polar surface area (TPSA) is 49.3 Å². The molecule has 0 aliphatic rings. The standard InChI is InChI=1S/C11H13NO2.C2H6/c1-8-5-6-10(14)11(12-2)9(8)4-3-7-13;1-2/h3-7,12,14H,1-2H3;1-2H3/b4-3-;. The number of aromatic hydroxyl groups is 1. The SMILES string of the molecule is CC.CNc1c(O)ccc(C)c1/C=C\C=O. The zero-order valence-electron chi connectivity index (χ0n) is 10.2. The summed E-state index contributed by atoms with van der Waals surface area (Å²) in [6.07, 6.45) is 3.79. The molecule has 0 spiro atoms. The van der Waals surface area contributed by atoms with Crippen molar-refractivity contribution in [2.24, 2.45) is 0 Å². The molecule has 0 bridgehead atoms. The highest BCUT2D eigenvalue weighted by atomic mass is 16.3. The van der Waals surface area contributed by atoms with E-state index in [0.717, 1.165) is 11.1 Å². The van der Waals surface area contributed by atoms with Gasteiger partial charge in [-0.25, -0.2) is 0 Å². The smallest absolute Gasteiger partial charge is 0.142 e. The Morgan fingerprint density at radius 2 is 1.94 bits per heavy atom. The Labute approximate surface area is 96.8 Å². The molecule has 3 nitrogen and oxygen atoms in total. The largest absolute Gasteiger partial charge is 0.506 e. The molecule has 0 unspecified atom stereocenters. The maximum Gasteiger partial charge on any atom is 0.142 e. The van der Waals surface area contributed by atoms with Crippen molar-refractivity contribution < 1.29 is 9.90 Å². The molecule has 0 amide bonds. The molecule has 0 aromatic heterocycles. The van der Waals surface area contributed by atoms with Gasteiger partial charge in [0.1, 0.15) is 12.0 Å². The van der Waals surface area contributed by atoms with Gasteiger partial charge in [-0.05, 0) is 30.7 Å². The summed E-state index contributed by atoms with van der Waals surface area (Å²) in [6, 6.07) is 3.43. The molecular formula is C13H19NO2. The van der Waals surface area contributed by atoms with Crippen molar-refractivity contribution in [2.75, 3.05) is 12.4 Å². The van der Waals surface area contributed by atoms with Crippen LogP contribution in [0.5, 0.6) is 5.75 Å². The first-order valence-corrected chi connectivity index (χ1v) is 5.33. The van der Waals surface area contributed by atoms with E-state index in [1.807, 2.05) is 20.8 Å². The molecule has 0 heterocycles. The fourth-order valence-electron chi connectivity index (χ4n) is 1.33. The minimum atomic E-state index is 0.184. The molecule has 0 fully saturated rings. The van der Waals surface area contributed by atoms with Gasteiger partial charge in [0, 0.05) is 12.6 Å². The van der Waals surface area contributed by atoms with Gasteiger partial charge in [-0.1, -0.05) is 19.9 Å². The zero-order valence-corrected chi connectivity index (χ0v) is 10.2. The number of hydrogen-bond acceptors (Lipinski definition) is 3. The second kappa shape index (κ2) is 7.51. The first-order valence-electron chi connectivity index (χ1n) is 5.33. The Balaban J connectivity index is 0.00000106. The van der Waals surface area contributed by atoms with Crippen molar-refractivity contribution in [3.05, 3.63) is 29.3 Å². The quantitative estimate of drug-likeness (QED) is 0.468. The fraction of sp³-hybridized carbons (Fsp3) is 0.308. The molecule has 1 rings (SSSR count). The van der Waals surface area contributed by atoms with Crippen molar-refractivity contribution in [2.45, 2.75) is 20.8 Å². The highest BCUT2D eigenvalue weighted by molar-refractivity contribution is 5.81. The minimum absolute atomic E-state index is 0.184. The minimum Gasteiger partial charge on any atom is -0.506 e. The van der Waals surface area contributed by atoms with Crippen molar-refractivity contribution in [3.8, 4) is 5.75 Å². The Morgan fingerprint density at radius 3 is 2.44 bits per heavy atom. The van der Waals surface area contributed by atoms with Gasteiger partial charge in [-0.3, -0.25) is 4.79 Å². The highest BCUT2D eigenvalue weighted by Gasteiger charge is 2.05. The number of phenolic OH excluding ortho intramolecular Hbond substituents is 1. The molecule has 0 aliphatic heterocycles. The molecule has 0 saturated heterocycles. The summed E-state index contributed by atoms with van der Waals surface area (Å²) in [6.45, 7) is 5.92. The number of hydrogen-bond donors (Lipinski definition) is 2. The predicted molar refractivity (Wildman–Crippen MR) is 68.8 cm³/mol. The van der Waals surface area contributed by atoms with E-state index in [1.165, 1.54) is 6.08 Å². The molecular weight excluding hydrogens is 202 g/mol. The fourth-order valence-corrected chi connectivity index (χ4v) is 1.33. The monoisotopic (exact) mass is 221 g/mol. The van der Waals surface area contributed by atoms with Crippen LogP contribution in [0.4, 0.5) is 5.69 Å². The lowest BCUT2D eigenvalue weighted by Gasteiger charge is -2.10. The van der Waals surface area contributed by atoms with E-state index in [-0.39, 0.29) is 5.75 Å². The Morgan fingerprint density at radius 1 is 1.31 bits per heavy atom. The lowest BCUT2D eigenvalue weighted by Crippen LogP contribution is -1.94. The van der Waals surface area contributed by atoms with E-state index in [2.05, 4.69) is 5.32 Å². The second-order valence-corrected chi connectivity index (χ2v) is 2.94. The average molecular weight is 221 g/mol. The van der Waals surface area contributed by atoms with Gasteiger partial charge in [0.25, 0.3) is 0 Å². The molecule has 88 valence electrons. The zero-order chi connectivity index (χ0) is 12.6. The van der Waals surface area contributed by atoms with Crippen LogP contribution in [-0.2, 0) is 4.79 Å². The van der Waals surface area contributed by atoms with Crippen LogP contribution in [0.25, 0.3) is 6.08 Å². The van der Waals surface area contributed by atoms with Crippen LogP contribution in [0.15, 0.2) is 18.2 Å². The lowest BCUT2D eigenvalue weighted by molar-refractivity contribution is -0.104. The van der Waals surface area contributed by atoms with Crippen LogP contribution in [0.1, 0.15) is 25.0 Å². The number of benzene rings is 1. The van der Waals surface area contributed by atoms with Gasteiger partial charge in [0.15, 0.2) is 0 Å². The van der Waals surface area contributed by atoms with Crippen molar-refractivity contribution in [3.63, 3.8) is 0 Å². The highest BCUT2D eigenvalue weighted by Crippen LogP contribution is 2.30. The number of allylic oxidation sites excluding steroid dienone is 1. The van der Waals surface area contributed by atoms with Crippen LogP contribution in [-0.4, -0.2) is 18.4 Å². The van der Waals surface area contributed by atoms with E-state index in [9.17, 15) is 9.90 Å². The van der Waals surface area contributed by atoms with E-state index in [0.29, 0.717) is 12.0 Å². The first kappa shape index (κ1) is 14.2. The van der Waals surface area contributed by atoms with Gasteiger partial charge in [0.2, 0.25) is 0 Å². The molecule has 3 heteroatoms. The van der Waals surface area contributed by atoms with Crippen LogP contribution in [0.3, 0.4) is 0 Å². The average Bonchev–Trinajstić information content (AvgIpc) is 2.32. The van der Waals surface area contributed by atoms with Gasteiger partial charge >= 0.3 is 0 Å².